The highest BCUT2D eigenvalue weighted by Crippen LogP contribution is 2.30. The molecule has 1 fully saturated rings. The number of rotatable bonds is 6. The van der Waals surface area contributed by atoms with Crippen LogP contribution in [0.1, 0.15) is 43.5 Å². The number of hydrogen-bond donors (Lipinski definition) is 2. The molecule has 0 atom stereocenters. The van der Waals surface area contributed by atoms with Gasteiger partial charge in [0.25, 0.3) is 0 Å². The number of nitrogens with zero attached hydrogens (tertiary/aromatic N) is 2. The Kier molecular flexibility index (Phi) is 4.39. The summed E-state index contributed by atoms with van der Waals surface area (Å²) >= 11 is 0. The monoisotopic (exact) mass is 289 g/mol. The van der Waals surface area contributed by atoms with Crippen LogP contribution in [-0.2, 0) is 17.9 Å². The lowest BCUT2D eigenvalue weighted by atomic mass is 9.98. The molecule has 2 N–H and O–H groups in total. The average Bonchev–Trinajstić information content (AvgIpc) is 3.13. The van der Waals surface area contributed by atoms with Gasteiger partial charge in [-0.05, 0) is 25.0 Å². The van der Waals surface area contributed by atoms with Crippen molar-refractivity contribution >= 4 is 11.7 Å². The van der Waals surface area contributed by atoms with Gasteiger partial charge in [0.15, 0.2) is 0 Å². The summed E-state index contributed by atoms with van der Waals surface area (Å²) in [7, 11) is 0. The summed E-state index contributed by atoms with van der Waals surface area (Å²) < 4.78 is 2.36. The molecule has 21 heavy (non-hydrogen) atoms. The first-order valence-corrected chi connectivity index (χ1v) is 7.91. The Morgan fingerprint density at radius 3 is 2.95 bits per heavy atom. The summed E-state index contributed by atoms with van der Waals surface area (Å²) in [6.07, 6.45) is 5.37. The molecule has 5 nitrogen and oxygen atoms in total. The van der Waals surface area contributed by atoms with E-state index in [-0.39, 0.29) is 6.42 Å². The molecule has 0 bridgehead atoms. The van der Waals surface area contributed by atoms with Crippen molar-refractivity contribution in [1.29, 1.82) is 0 Å². The summed E-state index contributed by atoms with van der Waals surface area (Å²) in [4.78, 5) is 15.3. The number of carbonyl (C=O) groups is 1. The van der Waals surface area contributed by atoms with Crippen molar-refractivity contribution < 1.29 is 9.90 Å². The SMILES string of the molecule is O=C(O)CCNCc1ccc2n1CCN=C2C1CCCC1. The summed E-state index contributed by atoms with van der Waals surface area (Å²) in [6.45, 7) is 3.05. The molecule has 114 valence electrons. The topological polar surface area (TPSA) is 66.6 Å². The molecular weight excluding hydrogens is 266 g/mol. The van der Waals surface area contributed by atoms with Crippen LogP contribution >= 0.6 is 0 Å². The van der Waals surface area contributed by atoms with E-state index >= 15 is 0 Å². The molecule has 0 unspecified atom stereocenters. The average molecular weight is 289 g/mol. The van der Waals surface area contributed by atoms with E-state index in [0.29, 0.717) is 12.5 Å². The fraction of sp³-hybridized carbons (Fsp3) is 0.625. The highest BCUT2D eigenvalue weighted by atomic mass is 16.4. The Morgan fingerprint density at radius 2 is 2.19 bits per heavy atom. The number of carboxylic acids is 1. The van der Waals surface area contributed by atoms with Gasteiger partial charge in [-0.1, -0.05) is 12.8 Å². The van der Waals surface area contributed by atoms with E-state index in [2.05, 4.69) is 22.0 Å². The van der Waals surface area contributed by atoms with Gasteiger partial charge in [0.2, 0.25) is 0 Å². The molecule has 3 rings (SSSR count). The first kappa shape index (κ1) is 14.3. The third kappa shape index (κ3) is 3.18. The predicted molar refractivity (Wildman–Crippen MR) is 81.8 cm³/mol. The lowest BCUT2D eigenvalue weighted by molar-refractivity contribution is -0.136. The Balaban J connectivity index is 1.66. The Labute approximate surface area is 125 Å². The predicted octanol–water partition coefficient (Wildman–Crippen LogP) is 2.05. The number of nitrogens with one attached hydrogen (secondary N) is 1. The highest BCUT2D eigenvalue weighted by Gasteiger charge is 2.26. The van der Waals surface area contributed by atoms with Crippen molar-refractivity contribution in [2.75, 3.05) is 13.1 Å². The Hall–Kier alpha value is -1.62. The fourth-order valence-electron chi connectivity index (χ4n) is 3.45. The molecule has 0 saturated heterocycles. The molecule has 1 aromatic rings. The van der Waals surface area contributed by atoms with Crippen LogP contribution in [-0.4, -0.2) is 34.4 Å². The molecular formula is C16H23N3O2. The Bertz CT molecular complexity index is 542. The minimum Gasteiger partial charge on any atom is -0.481 e. The molecule has 0 spiro atoms. The van der Waals surface area contributed by atoms with E-state index in [9.17, 15) is 4.79 Å². The largest absolute Gasteiger partial charge is 0.481 e. The van der Waals surface area contributed by atoms with Gasteiger partial charge in [0.1, 0.15) is 0 Å². The first-order chi connectivity index (χ1) is 10.3. The van der Waals surface area contributed by atoms with Crippen LogP contribution in [0, 0.1) is 5.92 Å². The zero-order chi connectivity index (χ0) is 14.7. The van der Waals surface area contributed by atoms with Gasteiger partial charge < -0.3 is 15.0 Å². The molecule has 2 aliphatic rings. The van der Waals surface area contributed by atoms with E-state index in [1.165, 1.54) is 42.8 Å². The van der Waals surface area contributed by atoms with Crippen LogP contribution in [0.25, 0.3) is 0 Å². The maximum Gasteiger partial charge on any atom is 0.304 e. The lowest BCUT2D eigenvalue weighted by Crippen LogP contribution is -2.26. The molecule has 0 radical (unpaired) electrons. The number of fused-ring (bicyclic) bond motifs is 1. The van der Waals surface area contributed by atoms with Crippen LogP contribution in [0.15, 0.2) is 17.1 Å². The Morgan fingerprint density at radius 1 is 1.38 bits per heavy atom. The molecule has 0 aromatic carbocycles. The van der Waals surface area contributed by atoms with Crippen molar-refractivity contribution in [3.05, 3.63) is 23.5 Å². The van der Waals surface area contributed by atoms with Gasteiger partial charge in [-0.25, -0.2) is 0 Å². The van der Waals surface area contributed by atoms with E-state index < -0.39 is 5.97 Å². The molecule has 5 heteroatoms. The number of hydrogen-bond acceptors (Lipinski definition) is 3. The smallest absolute Gasteiger partial charge is 0.304 e. The minimum atomic E-state index is -0.754. The van der Waals surface area contributed by atoms with Crippen molar-refractivity contribution in [1.82, 2.24) is 9.88 Å². The van der Waals surface area contributed by atoms with Crippen LogP contribution in [0.2, 0.25) is 0 Å². The zero-order valence-corrected chi connectivity index (χ0v) is 12.3. The second-order valence-electron chi connectivity index (χ2n) is 5.93. The van der Waals surface area contributed by atoms with E-state index in [1.807, 2.05) is 0 Å². The van der Waals surface area contributed by atoms with Crippen molar-refractivity contribution in [3.8, 4) is 0 Å². The summed E-state index contributed by atoms with van der Waals surface area (Å²) in [5, 5.41) is 11.9. The molecule has 2 heterocycles. The maximum atomic E-state index is 10.5. The molecule has 1 aliphatic carbocycles. The van der Waals surface area contributed by atoms with Crippen LogP contribution in [0.3, 0.4) is 0 Å². The third-order valence-electron chi connectivity index (χ3n) is 4.50. The number of carboxylic acid groups (broad SMARTS) is 1. The first-order valence-electron chi connectivity index (χ1n) is 7.91. The van der Waals surface area contributed by atoms with Gasteiger partial charge in [-0.3, -0.25) is 9.79 Å². The summed E-state index contributed by atoms with van der Waals surface area (Å²) in [5.74, 6) is -0.109. The second-order valence-corrected chi connectivity index (χ2v) is 5.93. The molecule has 1 aromatic heterocycles. The number of aliphatic imine (C=N–C) groups is 1. The van der Waals surface area contributed by atoms with Gasteiger partial charge in [-0.2, -0.15) is 0 Å². The minimum absolute atomic E-state index is 0.169. The number of aromatic nitrogens is 1. The third-order valence-corrected chi connectivity index (χ3v) is 4.50. The van der Waals surface area contributed by atoms with Crippen molar-refractivity contribution in [2.45, 2.75) is 45.2 Å². The quantitative estimate of drug-likeness (QED) is 0.788. The van der Waals surface area contributed by atoms with E-state index in [4.69, 9.17) is 10.1 Å². The van der Waals surface area contributed by atoms with Gasteiger partial charge in [0, 0.05) is 31.2 Å². The standard InChI is InChI=1S/C16H23N3O2/c20-15(21)7-8-17-11-13-5-6-14-16(12-3-1-2-4-12)18-9-10-19(13)14/h5-6,12,17H,1-4,7-11H2,(H,20,21). The van der Waals surface area contributed by atoms with Crippen LogP contribution in [0.5, 0.6) is 0 Å². The maximum absolute atomic E-state index is 10.5. The van der Waals surface area contributed by atoms with Crippen LogP contribution < -0.4 is 5.32 Å². The zero-order valence-electron chi connectivity index (χ0n) is 12.3. The molecule has 0 amide bonds. The summed E-state index contributed by atoms with van der Waals surface area (Å²) in [5.41, 5.74) is 3.82. The van der Waals surface area contributed by atoms with E-state index in [0.717, 1.165) is 19.6 Å². The van der Waals surface area contributed by atoms with Gasteiger partial charge >= 0.3 is 5.97 Å². The van der Waals surface area contributed by atoms with Crippen LogP contribution in [0.4, 0.5) is 0 Å². The van der Waals surface area contributed by atoms with Gasteiger partial charge in [-0.15, -0.1) is 0 Å². The highest BCUT2D eigenvalue weighted by molar-refractivity contribution is 6.01. The number of aliphatic carboxylic acids is 1. The normalized spacial score (nSPS) is 18.6. The lowest BCUT2D eigenvalue weighted by Gasteiger charge is -2.22. The van der Waals surface area contributed by atoms with Gasteiger partial charge in [0.05, 0.1) is 24.4 Å². The second kappa shape index (κ2) is 6.43. The summed E-state index contributed by atoms with van der Waals surface area (Å²) in [6, 6.07) is 4.34. The molecule has 1 aliphatic heterocycles. The van der Waals surface area contributed by atoms with Crippen molar-refractivity contribution in [2.24, 2.45) is 10.9 Å². The molecule has 1 saturated carbocycles. The van der Waals surface area contributed by atoms with E-state index in [1.54, 1.807) is 0 Å². The fourth-order valence-corrected chi connectivity index (χ4v) is 3.45. The van der Waals surface area contributed by atoms with Crippen molar-refractivity contribution in [3.63, 3.8) is 0 Å².